The molecule has 1 aromatic carbocycles. The molecule has 3 heteroatoms. The van der Waals surface area contributed by atoms with Crippen molar-refractivity contribution in [2.75, 3.05) is 11.4 Å². The zero-order valence-electron chi connectivity index (χ0n) is 13.0. The third kappa shape index (κ3) is 2.88. The Hall–Kier alpha value is -1.61. The molecule has 2 N–H and O–H groups in total. The second-order valence-electron chi connectivity index (χ2n) is 6.15. The van der Waals surface area contributed by atoms with Crippen LogP contribution >= 0.6 is 0 Å². The first-order chi connectivity index (χ1) is 10.2. The van der Waals surface area contributed by atoms with E-state index in [-0.39, 0.29) is 0 Å². The molecule has 1 heterocycles. The van der Waals surface area contributed by atoms with Gasteiger partial charge in [0.15, 0.2) is 0 Å². The van der Waals surface area contributed by atoms with E-state index in [0.717, 1.165) is 30.6 Å². The summed E-state index contributed by atoms with van der Waals surface area (Å²) in [5.41, 5.74) is 9.59. The Kier molecular flexibility index (Phi) is 4.11. The molecule has 0 atom stereocenters. The standard InChI is InChI=1S/C18H25N3/c1-3-21(15-10-8-14(19)9-11-15)18-12-13(2)20-17-7-5-4-6-16(17)18/h4-7,12,14-15H,3,8-11,19H2,1-2H3. The molecule has 1 aromatic heterocycles. The normalized spacial score (nSPS) is 22.4. The fraction of sp³-hybridized carbons (Fsp3) is 0.500. The van der Waals surface area contributed by atoms with Gasteiger partial charge in [0.1, 0.15) is 0 Å². The van der Waals surface area contributed by atoms with E-state index in [1.165, 1.54) is 23.9 Å². The van der Waals surface area contributed by atoms with Crippen molar-refractivity contribution in [2.24, 2.45) is 5.73 Å². The maximum atomic E-state index is 6.06. The number of fused-ring (bicyclic) bond motifs is 1. The summed E-state index contributed by atoms with van der Waals surface area (Å²) in [6.45, 7) is 5.37. The third-order valence-electron chi connectivity index (χ3n) is 4.65. The largest absolute Gasteiger partial charge is 0.368 e. The van der Waals surface area contributed by atoms with Crippen LogP contribution in [-0.2, 0) is 0 Å². The molecule has 3 nitrogen and oxygen atoms in total. The molecule has 1 fully saturated rings. The Bertz CT molecular complexity index is 615. The van der Waals surface area contributed by atoms with Gasteiger partial charge in [0.2, 0.25) is 0 Å². The zero-order valence-corrected chi connectivity index (χ0v) is 13.0. The van der Waals surface area contributed by atoms with Crippen LogP contribution in [0.3, 0.4) is 0 Å². The number of nitrogens with zero attached hydrogens (tertiary/aromatic N) is 2. The molecular formula is C18H25N3. The number of nitrogens with two attached hydrogens (primary N) is 1. The fourth-order valence-electron chi connectivity index (χ4n) is 3.56. The Labute approximate surface area is 127 Å². The summed E-state index contributed by atoms with van der Waals surface area (Å²) >= 11 is 0. The fourth-order valence-corrected chi connectivity index (χ4v) is 3.56. The van der Waals surface area contributed by atoms with Gasteiger partial charge < -0.3 is 10.6 Å². The lowest BCUT2D eigenvalue weighted by Crippen LogP contribution is -2.41. The molecule has 2 aromatic rings. The first kappa shape index (κ1) is 14.3. The molecule has 0 bridgehead atoms. The molecule has 0 radical (unpaired) electrons. The SMILES string of the molecule is CCN(c1cc(C)nc2ccccc12)C1CCC(N)CC1. The number of para-hydroxylation sites is 1. The molecule has 21 heavy (non-hydrogen) atoms. The summed E-state index contributed by atoms with van der Waals surface area (Å²) in [6, 6.07) is 11.7. The minimum absolute atomic E-state index is 0.399. The van der Waals surface area contributed by atoms with E-state index in [1.54, 1.807) is 0 Å². The molecule has 1 aliphatic rings. The highest BCUT2D eigenvalue weighted by atomic mass is 15.2. The number of aryl methyl sites for hydroxylation is 1. The highest BCUT2D eigenvalue weighted by Gasteiger charge is 2.24. The molecule has 0 saturated heterocycles. The molecular weight excluding hydrogens is 258 g/mol. The Balaban J connectivity index is 2.00. The average Bonchev–Trinajstić information content (AvgIpc) is 2.49. The highest BCUT2D eigenvalue weighted by molar-refractivity contribution is 5.92. The number of rotatable bonds is 3. The number of hydrogen-bond acceptors (Lipinski definition) is 3. The molecule has 0 spiro atoms. The van der Waals surface area contributed by atoms with Crippen molar-refractivity contribution in [2.45, 2.75) is 51.6 Å². The number of hydrogen-bond donors (Lipinski definition) is 1. The number of benzene rings is 1. The van der Waals surface area contributed by atoms with Crippen molar-refractivity contribution in [1.82, 2.24) is 4.98 Å². The maximum Gasteiger partial charge on any atom is 0.0726 e. The molecule has 0 unspecified atom stereocenters. The van der Waals surface area contributed by atoms with E-state index < -0.39 is 0 Å². The highest BCUT2D eigenvalue weighted by Crippen LogP contribution is 2.32. The van der Waals surface area contributed by atoms with Crippen molar-refractivity contribution in [3.8, 4) is 0 Å². The minimum Gasteiger partial charge on any atom is -0.368 e. The van der Waals surface area contributed by atoms with Gasteiger partial charge in [-0.05, 0) is 51.7 Å². The van der Waals surface area contributed by atoms with Crippen LogP contribution < -0.4 is 10.6 Å². The monoisotopic (exact) mass is 283 g/mol. The smallest absolute Gasteiger partial charge is 0.0726 e. The molecule has 0 aliphatic heterocycles. The quantitative estimate of drug-likeness (QED) is 0.935. The van der Waals surface area contributed by atoms with Gasteiger partial charge in [-0.3, -0.25) is 4.98 Å². The Morgan fingerprint density at radius 1 is 1.19 bits per heavy atom. The maximum absolute atomic E-state index is 6.06. The summed E-state index contributed by atoms with van der Waals surface area (Å²) in [5, 5.41) is 1.26. The van der Waals surface area contributed by atoms with Crippen LogP contribution in [0.2, 0.25) is 0 Å². The van der Waals surface area contributed by atoms with Crippen LogP contribution in [0.4, 0.5) is 5.69 Å². The molecule has 0 amide bonds. The van der Waals surface area contributed by atoms with Crippen molar-refractivity contribution in [1.29, 1.82) is 0 Å². The predicted molar refractivity (Wildman–Crippen MR) is 89.7 cm³/mol. The van der Waals surface area contributed by atoms with Crippen LogP contribution in [0.25, 0.3) is 10.9 Å². The molecule has 3 rings (SSSR count). The summed E-state index contributed by atoms with van der Waals surface area (Å²) in [4.78, 5) is 7.22. The van der Waals surface area contributed by atoms with Crippen molar-refractivity contribution < 1.29 is 0 Å². The lowest BCUT2D eigenvalue weighted by Gasteiger charge is -2.37. The van der Waals surface area contributed by atoms with Gasteiger partial charge in [-0.15, -0.1) is 0 Å². The summed E-state index contributed by atoms with van der Waals surface area (Å²) in [7, 11) is 0. The second-order valence-corrected chi connectivity index (χ2v) is 6.15. The Morgan fingerprint density at radius 2 is 1.90 bits per heavy atom. The van der Waals surface area contributed by atoms with Crippen LogP contribution in [0, 0.1) is 6.92 Å². The van der Waals surface area contributed by atoms with Gasteiger partial charge in [0.05, 0.1) is 5.52 Å². The Morgan fingerprint density at radius 3 is 2.62 bits per heavy atom. The minimum atomic E-state index is 0.399. The van der Waals surface area contributed by atoms with Gasteiger partial charge in [-0.1, -0.05) is 18.2 Å². The van der Waals surface area contributed by atoms with Crippen molar-refractivity contribution >= 4 is 16.6 Å². The van der Waals surface area contributed by atoms with Crippen molar-refractivity contribution in [3.05, 3.63) is 36.0 Å². The second kappa shape index (κ2) is 6.02. The average molecular weight is 283 g/mol. The van der Waals surface area contributed by atoms with Crippen molar-refractivity contribution in [3.63, 3.8) is 0 Å². The third-order valence-corrected chi connectivity index (χ3v) is 4.65. The van der Waals surface area contributed by atoms with Gasteiger partial charge in [0, 0.05) is 35.4 Å². The number of anilines is 1. The summed E-state index contributed by atoms with van der Waals surface area (Å²) in [5.74, 6) is 0. The molecule has 1 aliphatic carbocycles. The lowest BCUT2D eigenvalue weighted by atomic mass is 9.90. The van der Waals surface area contributed by atoms with E-state index in [2.05, 4.69) is 54.1 Å². The van der Waals surface area contributed by atoms with E-state index >= 15 is 0 Å². The van der Waals surface area contributed by atoms with Gasteiger partial charge >= 0.3 is 0 Å². The molecule has 112 valence electrons. The predicted octanol–water partition coefficient (Wildman–Crippen LogP) is 3.64. The van der Waals surface area contributed by atoms with Gasteiger partial charge in [-0.2, -0.15) is 0 Å². The number of pyridine rings is 1. The molecule has 1 saturated carbocycles. The zero-order chi connectivity index (χ0) is 14.8. The summed E-state index contributed by atoms with van der Waals surface area (Å²) in [6.07, 6.45) is 4.68. The lowest BCUT2D eigenvalue weighted by molar-refractivity contribution is 0.378. The van der Waals surface area contributed by atoms with E-state index in [4.69, 9.17) is 5.73 Å². The topological polar surface area (TPSA) is 42.2 Å². The van der Waals surface area contributed by atoms with Crippen LogP contribution in [-0.4, -0.2) is 23.6 Å². The van der Waals surface area contributed by atoms with Crippen LogP contribution in [0.5, 0.6) is 0 Å². The number of aromatic nitrogens is 1. The first-order valence-corrected chi connectivity index (χ1v) is 8.07. The van der Waals surface area contributed by atoms with Crippen LogP contribution in [0.1, 0.15) is 38.3 Å². The van der Waals surface area contributed by atoms with Gasteiger partial charge in [0.25, 0.3) is 0 Å². The first-order valence-electron chi connectivity index (χ1n) is 8.07. The van der Waals surface area contributed by atoms with Gasteiger partial charge in [-0.25, -0.2) is 0 Å². The van der Waals surface area contributed by atoms with E-state index in [9.17, 15) is 0 Å². The van der Waals surface area contributed by atoms with Crippen LogP contribution in [0.15, 0.2) is 30.3 Å². The summed E-state index contributed by atoms with van der Waals surface area (Å²) < 4.78 is 0. The van der Waals surface area contributed by atoms with E-state index in [1.807, 2.05) is 0 Å². The van der Waals surface area contributed by atoms with E-state index in [0.29, 0.717) is 12.1 Å².